The van der Waals surface area contributed by atoms with Crippen LogP contribution in [0.4, 0.5) is 5.82 Å². The number of rotatable bonds is 4. The first-order chi connectivity index (χ1) is 8.65. The number of aryl methyl sites for hydroxylation is 1. The first-order valence-electron chi connectivity index (χ1n) is 5.65. The molecule has 0 spiro atoms. The molecule has 18 heavy (non-hydrogen) atoms. The quantitative estimate of drug-likeness (QED) is 0.763. The van der Waals surface area contributed by atoms with E-state index in [0.717, 1.165) is 0 Å². The molecule has 0 aliphatic rings. The monoisotopic (exact) mass is 245 g/mol. The minimum atomic E-state index is -0.702. The van der Waals surface area contributed by atoms with Gasteiger partial charge in [-0.15, -0.1) is 0 Å². The summed E-state index contributed by atoms with van der Waals surface area (Å²) in [5.41, 5.74) is 0.660. The SMILES string of the molecule is Cc1nccc(NCC(O)c2cccc(O)c2)n1. The van der Waals surface area contributed by atoms with E-state index < -0.39 is 6.10 Å². The Morgan fingerprint density at radius 1 is 1.33 bits per heavy atom. The molecule has 0 aliphatic heterocycles. The number of anilines is 1. The van der Waals surface area contributed by atoms with Crippen LogP contribution in [0.15, 0.2) is 36.5 Å². The Morgan fingerprint density at radius 3 is 2.89 bits per heavy atom. The second kappa shape index (κ2) is 5.46. The zero-order chi connectivity index (χ0) is 13.0. The van der Waals surface area contributed by atoms with Crippen molar-refractivity contribution in [3.8, 4) is 5.75 Å². The van der Waals surface area contributed by atoms with Crippen molar-refractivity contribution < 1.29 is 10.2 Å². The zero-order valence-electron chi connectivity index (χ0n) is 10.0. The Morgan fingerprint density at radius 2 is 2.17 bits per heavy atom. The molecule has 2 rings (SSSR count). The molecule has 1 heterocycles. The van der Waals surface area contributed by atoms with Crippen molar-refractivity contribution in [2.24, 2.45) is 0 Å². The van der Waals surface area contributed by atoms with Gasteiger partial charge in [0, 0.05) is 12.7 Å². The van der Waals surface area contributed by atoms with Crippen LogP contribution in [-0.2, 0) is 0 Å². The highest BCUT2D eigenvalue weighted by molar-refractivity contribution is 5.34. The minimum Gasteiger partial charge on any atom is -0.508 e. The topological polar surface area (TPSA) is 78.3 Å². The molecule has 2 aromatic rings. The van der Waals surface area contributed by atoms with Gasteiger partial charge in [0.15, 0.2) is 0 Å². The molecule has 0 saturated carbocycles. The number of nitrogens with zero attached hydrogens (tertiary/aromatic N) is 2. The fraction of sp³-hybridized carbons (Fsp3) is 0.231. The largest absolute Gasteiger partial charge is 0.508 e. The fourth-order valence-corrected chi connectivity index (χ4v) is 1.61. The lowest BCUT2D eigenvalue weighted by molar-refractivity contribution is 0.191. The molecule has 0 fully saturated rings. The predicted molar refractivity (Wildman–Crippen MR) is 68.3 cm³/mol. The van der Waals surface area contributed by atoms with Gasteiger partial charge in [0.25, 0.3) is 0 Å². The molecule has 94 valence electrons. The zero-order valence-corrected chi connectivity index (χ0v) is 10.0. The molecule has 1 aromatic carbocycles. The van der Waals surface area contributed by atoms with Crippen molar-refractivity contribution in [2.75, 3.05) is 11.9 Å². The van der Waals surface area contributed by atoms with E-state index in [1.54, 1.807) is 37.4 Å². The van der Waals surface area contributed by atoms with Crippen LogP contribution in [0, 0.1) is 6.92 Å². The van der Waals surface area contributed by atoms with E-state index in [1.165, 1.54) is 6.07 Å². The number of benzene rings is 1. The smallest absolute Gasteiger partial charge is 0.129 e. The number of aliphatic hydroxyl groups excluding tert-OH is 1. The summed E-state index contributed by atoms with van der Waals surface area (Å²) in [6, 6.07) is 8.30. The maximum absolute atomic E-state index is 9.96. The van der Waals surface area contributed by atoms with Crippen molar-refractivity contribution in [3.05, 3.63) is 47.9 Å². The van der Waals surface area contributed by atoms with Gasteiger partial charge in [-0.25, -0.2) is 9.97 Å². The van der Waals surface area contributed by atoms with Crippen molar-refractivity contribution in [1.82, 2.24) is 9.97 Å². The van der Waals surface area contributed by atoms with Crippen LogP contribution in [0.3, 0.4) is 0 Å². The van der Waals surface area contributed by atoms with E-state index in [9.17, 15) is 10.2 Å². The molecule has 0 bridgehead atoms. The molecule has 5 heteroatoms. The van der Waals surface area contributed by atoms with Crippen LogP contribution >= 0.6 is 0 Å². The molecule has 1 atom stereocenters. The molecule has 1 unspecified atom stereocenters. The van der Waals surface area contributed by atoms with Crippen LogP contribution in [0.25, 0.3) is 0 Å². The summed E-state index contributed by atoms with van der Waals surface area (Å²) in [5.74, 6) is 1.48. The van der Waals surface area contributed by atoms with Gasteiger partial charge in [0.1, 0.15) is 17.4 Å². The van der Waals surface area contributed by atoms with Gasteiger partial charge in [0.05, 0.1) is 6.10 Å². The number of nitrogens with one attached hydrogen (secondary N) is 1. The van der Waals surface area contributed by atoms with E-state index >= 15 is 0 Å². The van der Waals surface area contributed by atoms with Crippen molar-refractivity contribution in [2.45, 2.75) is 13.0 Å². The maximum atomic E-state index is 9.96. The number of hydrogen-bond donors (Lipinski definition) is 3. The summed E-state index contributed by atoms with van der Waals surface area (Å²) in [7, 11) is 0. The number of aromatic hydroxyl groups is 1. The average Bonchev–Trinajstić information content (AvgIpc) is 2.36. The number of hydrogen-bond acceptors (Lipinski definition) is 5. The summed E-state index contributed by atoms with van der Waals surface area (Å²) in [6.07, 6.45) is 0.957. The van der Waals surface area contributed by atoms with Crippen molar-refractivity contribution in [1.29, 1.82) is 0 Å². The van der Waals surface area contributed by atoms with Gasteiger partial charge >= 0.3 is 0 Å². The lowest BCUT2D eigenvalue weighted by atomic mass is 10.1. The molecule has 3 N–H and O–H groups in total. The molecule has 0 saturated heterocycles. The molecule has 1 aromatic heterocycles. The molecule has 0 aliphatic carbocycles. The van der Waals surface area contributed by atoms with Gasteiger partial charge in [-0.2, -0.15) is 0 Å². The first-order valence-corrected chi connectivity index (χ1v) is 5.65. The van der Waals surface area contributed by atoms with E-state index in [1.807, 2.05) is 0 Å². The minimum absolute atomic E-state index is 0.143. The van der Waals surface area contributed by atoms with Gasteiger partial charge in [-0.1, -0.05) is 12.1 Å². The Bertz CT molecular complexity index is 531. The summed E-state index contributed by atoms with van der Waals surface area (Å²) in [5, 5.41) is 22.3. The number of aromatic nitrogens is 2. The van der Waals surface area contributed by atoms with Crippen LogP contribution in [-0.4, -0.2) is 26.7 Å². The van der Waals surface area contributed by atoms with Gasteiger partial charge < -0.3 is 15.5 Å². The lowest BCUT2D eigenvalue weighted by Crippen LogP contribution is -2.13. The van der Waals surface area contributed by atoms with E-state index in [4.69, 9.17) is 0 Å². The van der Waals surface area contributed by atoms with Gasteiger partial charge in [-0.3, -0.25) is 0 Å². The number of phenolic OH excluding ortho intramolecular Hbond substituents is 1. The average molecular weight is 245 g/mol. The molecule has 5 nitrogen and oxygen atoms in total. The van der Waals surface area contributed by atoms with Crippen molar-refractivity contribution in [3.63, 3.8) is 0 Å². The maximum Gasteiger partial charge on any atom is 0.129 e. The van der Waals surface area contributed by atoms with Gasteiger partial charge in [-0.05, 0) is 30.7 Å². The van der Waals surface area contributed by atoms with Crippen LogP contribution in [0.1, 0.15) is 17.5 Å². The number of aliphatic hydroxyl groups is 1. The third-order valence-corrected chi connectivity index (χ3v) is 2.51. The third kappa shape index (κ3) is 3.18. The van der Waals surface area contributed by atoms with Crippen molar-refractivity contribution >= 4 is 5.82 Å². The van der Waals surface area contributed by atoms with Crippen LogP contribution < -0.4 is 5.32 Å². The second-order valence-electron chi connectivity index (χ2n) is 3.98. The highest BCUT2D eigenvalue weighted by Gasteiger charge is 2.08. The summed E-state index contributed by atoms with van der Waals surface area (Å²) >= 11 is 0. The first kappa shape index (κ1) is 12.3. The summed E-state index contributed by atoms with van der Waals surface area (Å²) in [4.78, 5) is 8.16. The third-order valence-electron chi connectivity index (χ3n) is 2.51. The molecular formula is C13H15N3O2. The Labute approximate surface area is 105 Å². The molecular weight excluding hydrogens is 230 g/mol. The Balaban J connectivity index is 1.98. The Hall–Kier alpha value is -2.14. The molecule has 0 amide bonds. The fourth-order valence-electron chi connectivity index (χ4n) is 1.61. The van der Waals surface area contributed by atoms with E-state index in [0.29, 0.717) is 23.8 Å². The normalized spacial score (nSPS) is 12.1. The van der Waals surface area contributed by atoms with Crippen LogP contribution in [0.2, 0.25) is 0 Å². The lowest BCUT2D eigenvalue weighted by Gasteiger charge is -2.13. The summed E-state index contributed by atoms with van der Waals surface area (Å²) < 4.78 is 0. The van der Waals surface area contributed by atoms with Gasteiger partial charge in [0.2, 0.25) is 0 Å². The summed E-state index contributed by atoms with van der Waals surface area (Å²) in [6.45, 7) is 2.12. The predicted octanol–water partition coefficient (Wildman–Crippen LogP) is 1.64. The highest BCUT2D eigenvalue weighted by atomic mass is 16.3. The van der Waals surface area contributed by atoms with E-state index in [2.05, 4.69) is 15.3 Å². The second-order valence-corrected chi connectivity index (χ2v) is 3.98. The van der Waals surface area contributed by atoms with Crippen LogP contribution in [0.5, 0.6) is 5.75 Å². The van der Waals surface area contributed by atoms with E-state index in [-0.39, 0.29) is 5.75 Å². The Kier molecular flexibility index (Phi) is 3.74. The number of phenols is 1. The standard InChI is InChI=1S/C13H15N3O2/c1-9-14-6-5-13(16-9)15-8-12(18)10-3-2-4-11(17)7-10/h2-7,12,17-18H,8H2,1H3,(H,14,15,16). The molecule has 0 radical (unpaired) electrons. The highest BCUT2D eigenvalue weighted by Crippen LogP contribution is 2.18.